The van der Waals surface area contributed by atoms with Crippen molar-refractivity contribution in [3.8, 4) is 0 Å². The molecule has 0 saturated carbocycles. The molecule has 2 aromatic heterocycles. The highest BCUT2D eigenvalue weighted by molar-refractivity contribution is 5.95. The fourth-order valence-corrected chi connectivity index (χ4v) is 4.54. The van der Waals surface area contributed by atoms with Crippen molar-refractivity contribution < 1.29 is 9.90 Å². The Kier molecular flexibility index (Phi) is 5.41. The summed E-state index contributed by atoms with van der Waals surface area (Å²) in [6.45, 7) is 6.62. The highest BCUT2D eigenvalue weighted by Crippen LogP contribution is 2.27. The van der Waals surface area contributed by atoms with Gasteiger partial charge in [0.05, 0.1) is 17.5 Å². The second-order valence-corrected chi connectivity index (χ2v) is 7.99. The smallest absolute Gasteiger partial charge is 0.257 e. The molecule has 27 heavy (non-hydrogen) atoms. The van der Waals surface area contributed by atoms with Gasteiger partial charge >= 0.3 is 0 Å². The molecule has 7 nitrogen and oxygen atoms in total. The molecule has 2 saturated heterocycles. The summed E-state index contributed by atoms with van der Waals surface area (Å²) in [4.78, 5) is 21.9. The highest BCUT2D eigenvalue weighted by atomic mass is 16.3. The number of carbonyl (C=O) groups excluding carboxylic acids is 1. The summed E-state index contributed by atoms with van der Waals surface area (Å²) < 4.78 is 1.71. The molecule has 0 spiro atoms. The van der Waals surface area contributed by atoms with Gasteiger partial charge < -0.3 is 14.9 Å². The van der Waals surface area contributed by atoms with Crippen LogP contribution >= 0.6 is 0 Å². The number of amides is 1. The van der Waals surface area contributed by atoms with Gasteiger partial charge in [0.1, 0.15) is 0 Å². The molecule has 146 valence electrons. The summed E-state index contributed by atoms with van der Waals surface area (Å²) in [6, 6.07) is 1.83. The van der Waals surface area contributed by atoms with Crippen molar-refractivity contribution in [3.05, 3.63) is 29.7 Å². The van der Waals surface area contributed by atoms with Crippen LogP contribution in [0, 0.1) is 18.8 Å². The van der Waals surface area contributed by atoms with Gasteiger partial charge in [0.25, 0.3) is 5.91 Å². The minimum absolute atomic E-state index is 0.00536. The molecule has 0 aliphatic carbocycles. The monoisotopic (exact) mass is 371 g/mol. The van der Waals surface area contributed by atoms with E-state index in [1.807, 2.05) is 17.9 Å². The standard InChI is InChI=1S/C20H29N5O2/c1-15-18(10-21-19-6-7-22-25(15)19)20(27)24-12-16(17(13-24)14-26)11-23-8-4-2-3-5-9-23/h6-7,10,16-17,26H,2-5,8-9,11-14H2,1H3/t16-,17-/m1/s1. The van der Waals surface area contributed by atoms with E-state index < -0.39 is 0 Å². The molecule has 1 N–H and O–H groups in total. The van der Waals surface area contributed by atoms with Crippen molar-refractivity contribution in [3.63, 3.8) is 0 Å². The third-order valence-corrected chi connectivity index (χ3v) is 6.18. The van der Waals surface area contributed by atoms with E-state index in [2.05, 4.69) is 15.0 Å². The van der Waals surface area contributed by atoms with Crippen molar-refractivity contribution in [1.82, 2.24) is 24.4 Å². The second kappa shape index (κ2) is 7.94. The number of hydrogen-bond donors (Lipinski definition) is 1. The van der Waals surface area contributed by atoms with E-state index in [4.69, 9.17) is 0 Å². The van der Waals surface area contributed by atoms with E-state index in [9.17, 15) is 9.90 Å². The average molecular weight is 371 g/mol. The Morgan fingerprint density at radius 1 is 1.19 bits per heavy atom. The molecule has 0 aromatic carbocycles. The first-order chi connectivity index (χ1) is 13.2. The van der Waals surface area contributed by atoms with Gasteiger partial charge in [-0.05, 0) is 38.8 Å². The third-order valence-electron chi connectivity index (χ3n) is 6.18. The number of rotatable bonds is 4. The lowest BCUT2D eigenvalue weighted by Crippen LogP contribution is -2.35. The molecule has 2 aromatic rings. The van der Waals surface area contributed by atoms with Crippen molar-refractivity contribution in [2.75, 3.05) is 39.3 Å². The SMILES string of the molecule is Cc1c(C(=O)N2C[C@@H](CN3CCCCCC3)[C@@H](CO)C2)cnc2ccnn12. The predicted octanol–water partition coefficient (Wildman–Crippen LogP) is 1.59. The number of nitrogens with zero attached hydrogens (tertiary/aromatic N) is 5. The molecular weight excluding hydrogens is 342 g/mol. The predicted molar refractivity (Wildman–Crippen MR) is 103 cm³/mol. The van der Waals surface area contributed by atoms with Crippen LogP contribution in [0.1, 0.15) is 41.7 Å². The quantitative estimate of drug-likeness (QED) is 0.884. The van der Waals surface area contributed by atoms with Gasteiger partial charge in [-0.15, -0.1) is 0 Å². The van der Waals surface area contributed by atoms with E-state index in [1.54, 1.807) is 16.9 Å². The first-order valence-corrected chi connectivity index (χ1v) is 10.1. The molecular formula is C20H29N5O2. The van der Waals surface area contributed by atoms with E-state index in [1.165, 1.54) is 25.7 Å². The Morgan fingerprint density at radius 2 is 1.93 bits per heavy atom. The molecule has 2 aliphatic rings. The number of fused-ring (bicyclic) bond motifs is 1. The lowest BCUT2D eigenvalue weighted by atomic mass is 9.96. The summed E-state index contributed by atoms with van der Waals surface area (Å²) in [7, 11) is 0. The van der Waals surface area contributed by atoms with E-state index >= 15 is 0 Å². The molecule has 7 heteroatoms. The fourth-order valence-electron chi connectivity index (χ4n) is 4.54. The molecule has 2 fully saturated rings. The number of aliphatic hydroxyl groups excluding tert-OH is 1. The fraction of sp³-hybridized carbons (Fsp3) is 0.650. The average Bonchev–Trinajstić information content (AvgIpc) is 3.23. The lowest BCUT2D eigenvalue weighted by molar-refractivity contribution is 0.0777. The molecule has 0 unspecified atom stereocenters. The van der Waals surface area contributed by atoms with Crippen LogP contribution in [0.25, 0.3) is 5.65 Å². The van der Waals surface area contributed by atoms with E-state index in [0.717, 1.165) is 31.0 Å². The number of hydrogen-bond acceptors (Lipinski definition) is 5. The maximum atomic E-state index is 13.1. The van der Waals surface area contributed by atoms with Gasteiger partial charge in [0.2, 0.25) is 0 Å². The van der Waals surface area contributed by atoms with Crippen LogP contribution in [-0.4, -0.2) is 74.7 Å². The summed E-state index contributed by atoms with van der Waals surface area (Å²) in [6.07, 6.45) is 8.50. The Balaban J connectivity index is 1.48. The van der Waals surface area contributed by atoms with Crippen LogP contribution in [0.15, 0.2) is 18.5 Å². The van der Waals surface area contributed by atoms with Crippen LogP contribution in [0.5, 0.6) is 0 Å². The Hall–Kier alpha value is -1.99. The van der Waals surface area contributed by atoms with Crippen molar-refractivity contribution in [2.45, 2.75) is 32.6 Å². The summed E-state index contributed by atoms with van der Waals surface area (Å²) in [5.41, 5.74) is 2.16. The molecule has 2 atom stereocenters. The second-order valence-electron chi connectivity index (χ2n) is 7.99. The number of likely N-dealkylation sites (tertiary alicyclic amines) is 2. The van der Waals surface area contributed by atoms with Crippen LogP contribution in [0.4, 0.5) is 0 Å². The summed E-state index contributed by atoms with van der Waals surface area (Å²) >= 11 is 0. The van der Waals surface area contributed by atoms with E-state index in [-0.39, 0.29) is 18.4 Å². The van der Waals surface area contributed by atoms with Crippen LogP contribution in [0.2, 0.25) is 0 Å². The highest BCUT2D eigenvalue weighted by Gasteiger charge is 2.36. The summed E-state index contributed by atoms with van der Waals surface area (Å²) in [5, 5.41) is 14.1. The van der Waals surface area contributed by atoms with Crippen molar-refractivity contribution >= 4 is 11.6 Å². The van der Waals surface area contributed by atoms with Crippen molar-refractivity contribution in [2.24, 2.45) is 11.8 Å². The Bertz CT molecular complexity index is 797. The normalized spacial score (nSPS) is 24.4. The topological polar surface area (TPSA) is 74.0 Å². The molecule has 4 heterocycles. The minimum Gasteiger partial charge on any atom is -0.396 e. The van der Waals surface area contributed by atoms with Gasteiger partial charge in [0, 0.05) is 44.4 Å². The van der Waals surface area contributed by atoms with Gasteiger partial charge in [-0.2, -0.15) is 5.10 Å². The molecule has 0 bridgehead atoms. The third kappa shape index (κ3) is 3.71. The zero-order valence-electron chi connectivity index (χ0n) is 16.0. The van der Waals surface area contributed by atoms with E-state index in [0.29, 0.717) is 24.6 Å². The van der Waals surface area contributed by atoms with Gasteiger partial charge in [-0.1, -0.05) is 12.8 Å². The largest absolute Gasteiger partial charge is 0.396 e. The van der Waals surface area contributed by atoms with Gasteiger partial charge in [-0.25, -0.2) is 9.50 Å². The van der Waals surface area contributed by atoms with Crippen molar-refractivity contribution in [1.29, 1.82) is 0 Å². The number of aliphatic hydroxyl groups is 1. The van der Waals surface area contributed by atoms with Gasteiger partial charge in [0.15, 0.2) is 5.65 Å². The maximum Gasteiger partial charge on any atom is 0.257 e. The first-order valence-electron chi connectivity index (χ1n) is 10.1. The van der Waals surface area contributed by atoms with Gasteiger partial charge in [-0.3, -0.25) is 4.79 Å². The first kappa shape index (κ1) is 18.4. The Labute approximate surface area is 160 Å². The maximum absolute atomic E-state index is 13.1. The number of aryl methyl sites for hydroxylation is 1. The summed E-state index contributed by atoms with van der Waals surface area (Å²) in [5.74, 6) is 0.479. The molecule has 2 aliphatic heterocycles. The molecule has 4 rings (SSSR count). The Morgan fingerprint density at radius 3 is 2.67 bits per heavy atom. The minimum atomic E-state index is -0.00536. The lowest BCUT2D eigenvalue weighted by Gasteiger charge is -2.26. The van der Waals surface area contributed by atoms with Crippen LogP contribution < -0.4 is 0 Å². The van der Waals surface area contributed by atoms with Crippen LogP contribution in [0.3, 0.4) is 0 Å². The zero-order chi connectivity index (χ0) is 18.8. The number of carbonyl (C=O) groups is 1. The number of aromatic nitrogens is 3. The zero-order valence-corrected chi connectivity index (χ0v) is 16.0. The molecule has 1 amide bonds. The molecule has 0 radical (unpaired) electrons. The van der Waals surface area contributed by atoms with Crippen LogP contribution in [-0.2, 0) is 0 Å².